The Hall–Kier alpha value is 0.400. The second-order valence-electron chi connectivity index (χ2n) is 3.32. The molecular formula is C10H12AlCl2LiO2. The summed E-state index contributed by atoms with van der Waals surface area (Å²) in [5.74, 6) is 0.584. The topological polar surface area (TPSA) is 26.3 Å². The number of halogens is 2. The summed E-state index contributed by atoms with van der Waals surface area (Å²) in [6.45, 7) is 1.85. The Morgan fingerprint density at radius 1 is 1.31 bits per heavy atom. The van der Waals surface area contributed by atoms with Crippen LogP contribution in [0.3, 0.4) is 0 Å². The molecule has 1 unspecified atom stereocenters. The third-order valence-electron chi connectivity index (χ3n) is 2.12. The number of carbonyl (C=O) groups excluding carboxylic acids is 1. The quantitative estimate of drug-likeness (QED) is 0.667. The predicted octanol–water partition coefficient (Wildman–Crippen LogP) is 1.51. The second kappa shape index (κ2) is 6.36. The van der Waals surface area contributed by atoms with E-state index in [9.17, 15) is 4.79 Å². The van der Waals surface area contributed by atoms with Gasteiger partial charge in [-0.2, -0.15) is 0 Å². The molecule has 1 aromatic carbocycles. The first-order chi connectivity index (χ1) is 6.58. The molecule has 6 heteroatoms. The van der Waals surface area contributed by atoms with E-state index in [0.29, 0.717) is 27.8 Å². The molecule has 0 spiro atoms. The number of fused-ring (bicyclic) bond motifs is 1. The van der Waals surface area contributed by atoms with Crippen LogP contribution in [0.15, 0.2) is 12.1 Å². The average molecular weight is 269 g/mol. The number of hydrogen-bond acceptors (Lipinski definition) is 2. The van der Waals surface area contributed by atoms with E-state index in [0.717, 1.165) is 0 Å². The third kappa shape index (κ3) is 3.21. The molecule has 2 nitrogen and oxygen atoms in total. The summed E-state index contributed by atoms with van der Waals surface area (Å²) in [4.78, 5) is 11.6. The Kier molecular flexibility index (Phi) is 6.52. The Bertz CT molecular complexity index is 412. The normalized spacial score (nSPS) is 17.7. The molecule has 16 heavy (non-hydrogen) atoms. The summed E-state index contributed by atoms with van der Waals surface area (Å²) < 4.78 is 5.47. The van der Waals surface area contributed by atoms with Crippen molar-refractivity contribution in [3.05, 3.63) is 27.7 Å². The fraction of sp³-hybridized carbons (Fsp3) is 0.300. The summed E-state index contributed by atoms with van der Waals surface area (Å²) in [6, 6.07) is 3.15. The van der Waals surface area contributed by atoms with Crippen LogP contribution >= 0.6 is 23.2 Å². The molecule has 0 saturated carbocycles. The molecule has 82 valence electrons. The van der Waals surface area contributed by atoms with Gasteiger partial charge in [0.15, 0.2) is 23.1 Å². The number of Topliss-reactive ketones (excluding diaryl/α,β-unsaturated/α-hetero) is 1. The molecule has 1 aromatic rings. The molecule has 0 radical (unpaired) electrons. The molecule has 1 aliphatic rings. The van der Waals surface area contributed by atoms with Gasteiger partial charge >= 0.3 is 18.9 Å². The molecule has 2 rings (SSSR count). The van der Waals surface area contributed by atoms with Gasteiger partial charge in [0.1, 0.15) is 11.9 Å². The van der Waals surface area contributed by atoms with Crippen molar-refractivity contribution in [1.29, 1.82) is 0 Å². The molecule has 0 aromatic heterocycles. The number of ketones is 1. The maximum atomic E-state index is 11.6. The number of rotatable bonds is 0. The summed E-state index contributed by atoms with van der Waals surface area (Å²) in [6.07, 6.45) is 0.303. The molecule has 0 N–H and O–H groups in total. The number of hydrogen-bond donors (Lipinski definition) is 0. The van der Waals surface area contributed by atoms with Crippen molar-refractivity contribution in [2.45, 2.75) is 19.4 Å². The molecule has 0 amide bonds. The molecule has 1 atom stereocenters. The fourth-order valence-electron chi connectivity index (χ4n) is 1.47. The van der Waals surface area contributed by atoms with Crippen LogP contribution in [0.4, 0.5) is 0 Å². The predicted molar refractivity (Wildman–Crippen MR) is 72.6 cm³/mol. The van der Waals surface area contributed by atoms with Crippen molar-refractivity contribution in [3.8, 4) is 5.75 Å². The number of benzene rings is 1. The van der Waals surface area contributed by atoms with Crippen molar-refractivity contribution in [3.63, 3.8) is 0 Å². The van der Waals surface area contributed by atoms with Gasteiger partial charge in [-0.15, -0.1) is 0 Å². The molecule has 1 aliphatic heterocycles. The number of carbonyl (C=O) groups is 1. The van der Waals surface area contributed by atoms with Crippen molar-refractivity contribution >= 4 is 65.2 Å². The van der Waals surface area contributed by atoms with Gasteiger partial charge in [-0.25, -0.2) is 0 Å². The zero-order valence-electron chi connectivity index (χ0n) is 7.51. The van der Waals surface area contributed by atoms with E-state index < -0.39 is 0 Å². The Morgan fingerprint density at radius 3 is 2.50 bits per heavy atom. The maximum absolute atomic E-state index is 11.6. The summed E-state index contributed by atoms with van der Waals surface area (Å²) in [7, 11) is 0. The fourth-order valence-corrected chi connectivity index (χ4v) is 1.79. The van der Waals surface area contributed by atoms with Gasteiger partial charge in [0, 0.05) is 12.5 Å². The SMILES string of the molecule is CC1CC(=O)c2cc(Cl)c(Cl)cc2O1.[AlH3].[LiH]. The van der Waals surface area contributed by atoms with E-state index in [1.54, 1.807) is 12.1 Å². The van der Waals surface area contributed by atoms with Gasteiger partial charge in [-0.05, 0) is 13.0 Å². The van der Waals surface area contributed by atoms with Crippen LogP contribution in [0.25, 0.3) is 0 Å². The first kappa shape index (κ1) is 16.4. The molecule has 0 aliphatic carbocycles. The zero-order chi connectivity index (χ0) is 10.3. The molecule has 1 heterocycles. The second-order valence-corrected chi connectivity index (χ2v) is 4.13. The summed E-state index contributed by atoms with van der Waals surface area (Å²) in [5, 5.41) is 0.796. The van der Waals surface area contributed by atoms with Crippen LogP contribution in [-0.2, 0) is 0 Å². The molecular weight excluding hydrogens is 257 g/mol. The van der Waals surface area contributed by atoms with Crippen LogP contribution in [0.1, 0.15) is 23.7 Å². The van der Waals surface area contributed by atoms with Crippen molar-refractivity contribution in [2.24, 2.45) is 0 Å². The first-order valence-corrected chi connectivity index (χ1v) is 5.02. The van der Waals surface area contributed by atoms with Gasteiger partial charge < -0.3 is 4.74 Å². The van der Waals surface area contributed by atoms with Gasteiger partial charge in [0.25, 0.3) is 0 Å². The van der Waals surface area contributed by atoms with Gasteiger partial charge in [-0.3, -0.25) is 4.79 Å². The average Bonchev–Trinajstić information content (AvgIpc) is 2.08. The van der Waals surface area contributed by atoms with E-state index >= 15 is 0 Å². The van der Waals surface area contributed by atoms with Crippen molar-refractivity contribution in [1.82, 2.24) is 0 Å². The van der Waals surface area contributed by atoms with Crippen LogP contribution in [0, 0.1) is 0 Å². The van der Waals surface area contributed by atoms with E-state index in [4.69, 9.17) is 27.9 Å². The van der Waals surface area contributed by atoms with Crippen molar-refractivity contribution < 1.29 is 9.53 Å². The van der Waals surface area contributed by atoms with Gasteiger partial charge in [0.2, 0.25) is 0 Å². The van der Waals surface area contributed by atoms with Gasteiger partial charge in [0.05, 0.1) is 15.6 Å². The van der Waals surface area contributed by atoms with Crippen LogP contribution in [0.2, 0.25) is 10.0 Å². The Morgan fingerprint density at radius 2 is 1.88 bits per heavy atom. The molecule has 0 fully saturated rings. The van der Waals surface area contributed by atoms with Crippen LogP contribution < -0.4 is 4.74 Å². The molecule has 0 bridgehead atoms. The van der Waals surface area contributed by atoms with E-state index in [2.05, 4.69) is 0 Å². The van der Waals surface area contributed by atoms with Crippen molar-refractivity contribution in [2.75, 3.05) is 0 Å². The van der Waals surface area contributed by atoms with Crippen LogP contribution in [-0.4, -0.2) is 48.1 Å². The monoisotopic (exact) mass is 268 g/mol. The van der Waals surface area contributed by atoms with E-state index in [1.165, 1.54) is 0 Å². The zero-order valence-corrected chi connectivity index (χ0v) is 9.02. The Labute approximate surface area is 127 Å². The summed E-state index contributed by atoms with van der Waals surface area (Å²) >= 11 is 11.6. The van der Waals surface area contributed by atoms with E-state index in [-0.39, 0.29) is 48.1 Å². The van der Waals surface area contributed by atoms with E-state index in [1.807, 2.05) is 6.92 Å². The standard InChI is InChI=1S/C10H8Cl2O2.Al.Li.4H/c1-5-2-9(13)6-3-7(11)8(12)4-10(6)14-5;;;;;;/h3-5H,2H2,1H3;;;;;;. The Balaban J connectivity index is 0.00000112. The minimum absolute atomic E-state index is 0. The van der Waals surface area contributed by atoms with Crippen LogP contribution in [0.5, 0.6) is 5.75 Å². The summed E-state index contributed by atoms with van der Waals surface area (Å²) in [5.41, 5.74) is 0.525. The first-order valence-electron chi connectivity index (χ1n) is 4.27. The minimum atomic E-state index is -0.0905. The number of ether oxygens (including phenoxy) is 1. The van der Waals surface area contributed by atoms with Gasteiger partial charge in [-0.1, -0.05) is 23.2 Å². The molecule has 0 saturated heterocycles. The third-order valence-corrected chi connectivity index (χ3v) is 2.85.